The third-order valence-electron chi connectivity index (χ3n) is 3.95. The standard InChI is InChI=1S/C21H30N4O/c1-5-22-21(23-14-17-9-8-12-20(13-17)26-4)24-15-18-10-6-7-11-19(18)16-25(2)3/h6-13H,5,14-16H2,1-4H3,(H2,22,23,24). The number of hydrogen-bond donors (Lipinski definition) is 2. The normalized spacial score (nSPS) is 11.5. The Bertz CT molecular complexity index is 713. The molecule has 0 saturated carbocycles. The molecule has 0 fully saturated rings. The molecule has 5 heteroatoms. The fraction of sp³-hybridized carbons (Fsp3) is 0.381. The number of methoxy groups -OCH3 is 1. The van der Waals surface area contributed by atoms with Crippen LogP contribution >= 0.6 is 0 Å². The van der Waals surface area contributed by atoms with Crippen LogP contribution in [0.5, 0.6) is 5.75 Å². The molecule has 2 rings (SSSR count). The highest BCUT2D eigenvalue weighted by atomic mass is 16.5. The molecule has 140 valence electrons. The molecule has 0 aliphatic heterocycles. The Morgan fingerprint density at radius 1 is 1.04 bits per heavy atom. The Morgan fingerprint density at radius 2 is 1.81 bits per heavy atom. The lowest BCUT2D eigenvalue weighted by Gasteiger charge is -2.16. The average molecular weight is 354 g/mol. The molecule has 2 aromatic carbocycles. The van der Waals surface area contributed by atoms with Crippen molar-refractivity contribution in [3.63, 3.8) is 0 Å². The van der Waals surface area contributed by atoms with Crippen LogP contribution in [0.2, 0.25) is 0 Å². The van der Waals surface area contributed by atoms with Crippen molar-refractivity contribution in [3.05, 3.63) is 65.2 Å². The lowest BCUT2D eigenvalue weighted by atomic mass is 10.1. The number of nitrogens with zero attached hydrogens (tertiary/aromatic N) is 2. The van der Waals surface area contributed by atoms with E-state index < -0.39 is 0 Å². The van der Waals surface area contributed by atoms with Crippen LogP contribution in [0.3, 0.4) is 0 Å². The van der Waals surface area contributed by atoms with Crippen LogP contribution in [-0.2, 0) is 19.6 Å². The minimum absolute atomic E-state index is 0.603. The topological polar surface area (TPSA) is 48.9 Å². The highest BCUT2D eigenvalue weighted by molar-refractivity contribution is 5.79. The van der Waals surface area contributed by atoms with E-state index in [1.54, 1.807) is 7.11 Å². The van der Waals surface area contributed by atoms with Crippen LogP contribution in [0.25, 0.3) is 0 Å². The van der Waals surface area contributed by atoms with Gasteiger partial charge in [0.05, 0.1) is 13.7 Å². The third kappa shape index (κ3) is 6.41. The van der Waals surface area contributed by atoms with Gasteiger partial charge in [-0.2, -0.15) is 0 Å². The molecule has 0 amide bonds. The molecule has 0 heterocycles. The van der Waals surface area contributed by atoms with Gasteiger partial charge in [-0.3, -0.25) is 0 Å². The first kappa shape index (κ1) is 19.8. The summed E-state index contributed by atoms with van der Waals surface area (Å²) in [5, 5.41) is 6.75. The Balaban J connectivity index is 2.03. The van der Waals surface area contributed by atoms with E-state index in [-0.39, 0.29) is 0 Å². The van der Waals surface area contributed by atoms with E-state index >= 15 is 0 Å². The zero-order valence-corrected chi connectivity index (χ0v) is 16.2. The van der Waals surface area contributed by atoms with Crippen molar-refractivity contribution in [2.45, 2.75) is 26.6 Å². The highest BCUT2D eigenvalue weighted by Gasteiger charge is 2.05. The first-order chi connectivity index (χ1) is 12.6. The maximum atomic E-state index is 5.28. The van der Waals surface area contributed by atoms with E-state index in [1.165, 1.54) is 11.1 Å². The van der Waals surface area contributed by atoms with E-state index in [9.17, 15) is 0 Å². The van der Waals surface area contributed by atoms with Gasteiger partial charge in [-0.25, -0.2) is 4.99 Å². The Kier molecular flexibility index (Phi) is 7.96. The van der Waals surface area contributed by atoms with E-state index in [0.717, 1.165) is 36.9 Å². The van der Waals surface area contributed by atoms with Gasteiger partial charge < -0.3 is 20.3 Å². The molecule has 5 nitrogen and oxygen atoms in total. The van der Waals surface area contributed by atoms with Crippen LogP contribution < -0.4 is 15.4 Å². The first-order valence-electron chi connectivity index (χ1n) is 8.99. The second-order valence-electron chi connectivity index (χ2n) is 6.41. The van der Waals surface area contributed by atoms with Gasteiger partial charge in [-0.15, -0.1) is 0 Å². The quantitative estimate of drug-likeness (QED) is 0.565. The predicted octanol–water partition coefficient (Wildman–Crippen LogP) is 3.01. The lowest BCUT2D eigenvalue weighted by Crippen LogP contribution is -2.37. The Hall–Kier alpha value is -2.53. The van der Waals surface area contributed by atoms with Gasteiger partial charge in [0.25, 0.3) is 0 Å². The van der Waals surface area contributed by atoms with Crippen molar-refractivity contribution in [1.29, 1.82) is 0 Å². The molecule has 0 unspecified atom stereocenters. The molecule has 0 saturated heterocycles. The number of benzene rings is 2. The third-order valence-corrected chi connectivity index (χ3v) is 3.95. The summed E-state index contributed by atoms with van der Waals surface area (Å²) < 4.78 is 5.28. The van der Waals surface area contributed by atoms with Gasteiger partial charge in [-0.05, 0) is 49.8 Å². The Morgan fingerprint density at radius 3 is 2.50 bits per heavy atom. The zero-order valence-electron chi connectivity index (χ0n) is 16.2. The summed E-state index contributed by atoms with van der Waals surface area (Å²) in [4.78, 5) is 6.87. The SMILES string of the molecule is CCNC(=NCc1cccc(OC)c1)NCc1ccccc1CN(C)C. The zero-order chi connectivity index (χ0) is 18.8. The summed E-state index contributed by atoms with van der Waals surface area (Å²) in [7, 11) is 5.85. The van der Waals surface area contributed by atoms with E-state index in [4.69, 9.17) is 9.73 Å². The summed E-state index contributed by atoms with van der Waals surface area (Å²) >= 11 is 0. The molecule has 26 heavy (non-hydrogen) atoms. The molecule has 0 aromatic heterocycles. The molecular formula is C21H30N4O. The molecule has 0 aliphatic rings. The largest absolute Gasteiger partial charge is 0.497 e. The van der Waals surface area contributed by atoms with Crippen molar-refractivity contribution < 1.29 is 4.74 Å². The molecular weight excluding hydrogens is 324 g/mol. The van der Waals surface area contributed by atoms with Crippen molar-refractivity contribution in [1.82, 2.24) is 15.5 Å². The predicted molar refractivity (Wildman–Crippen MR) is 108 cm³/mol. The lowest BCUT2D eigenvalue weighted by molar-refractivity contribution is 0.400. The van der Waals surface area contributed by atoms with Crippen molar-refractivity contribution in [3.8, 4) is 5.75 Å². The van der Waals surface area contributed by atoms with Crippen molar-refractivity contribution in [2.75, 3.05) is 27.7 Å². The molecule has 0 radical (unpaired) electrons. The smallest absolute Gasteiger partial charge is 0.191 e. The summed E-state index contributed by atoms with van der Waals surface area (Å²) in [6, 6.07) is 16.5. The number of ether oxygens (including phenoxy) is 1. The van der Waals surface area contributed by atoms with Crippen LogP contribution in [-0.4, -0.2) is 38.6 Å². The van der Waals surface area contributed by atoms with Gasteiger partial charge >= 0.3 is 0 Å². The van der Waals surface area contributed by atoms with Crippen LogP contribution in [0.15, 0.2) is 53.5 Å². The van der Waals surface area contributed by atoms with Crippen LogP contribution in [0.4, 0.5) is 0 Å². The summed E-state index contributed by atoms with van der Waals surface area (Å²) in [6.45, 7) is 5.17. The van der Waals surface area contributed by atoms with Crippen molar-refractivity contribution in [2.24, 2.45) is 4.99 Å². The highest BCUT2D eigenvalue weighted by Crippen LogP contribution is 2.13. The summed E-state index contributed by atoms with van der Waals surface area (Å²) in [5.41, 5.74) is 3.73. The minimum atomic E-state index is 0.603. The molecule has 0 bridgehead atoms. The van der Waals surface area contributed by atoms with Crippen molar-refractivity contribution >= 4 is 5.96 Å². The fourth-order valence-corrected chi connectivity index (χ4v) is 2.69. The molecule has 2 N–H and O–H groups in total. The molecule has 0 aliphatic carbocycles. The first-order valence-corrected chi connectivity index (χ1v) is 8.99. The average Bonchev–Trinajstić information content (AvgIpc) is 2.65. The summed E-state index contributed by atoms with van der Waals surface area (Å²) in [6.07, 6.45) is 0. The Labute approximate surface area is 157 Å². The minimum Gasteiger partial charge on any atom is -0.497 e. The maximum absolute atomic E-state index is 5.28. The monoisotopic (exact) mass is 354 g/mol. The summed E-state index contributed by atoms with van der Waals surface area (Å²) in [5.74, 6) is 1.67. The van der Waals surface area contributed by atoms with Gasteiger partial charge in [0, 0.05) is 19.6 Å². The number of guanidine groups is 1. The van der Waals surface area contributed by atoms with E-state index in [2.05, 4.69) is 66.9 Å². The maximum Gasteiger partial charge on any atom is 0.191 e. The second-order valence-corrected chi connectivity index (χ2v) is 6.41. The van der Waals surface area contributed by atoms with Gasteiger partial charge in [0.15, 0.2) is 5.96 Å². The van der Waals surface area contributed by atoms with E-state index in [0.29, 0.717) is 6.54 Å². The van der Waals surface area contributed by atoms with Crippen LogP contribution in [0, 0.1) is 0 Å². The number of aliphatic imine (C=N–C) groups is 1. The fourth-order valence-electron chi connectivity index (χ4n) is 2.69. The second kappa shape index (κ2) is 10.5. The van der Waals surface area contributed by atoms with Gasteiger partial charge in [0.2, 0.25) is 0 Å². The molecule has 0 atom stereocenters. The molecule has 2 aromatic rings. The van der Waals surface area contributed by atoms with Gasteiger partial charge in [-0.1, -0.05) is 36.4 Å². The van der Waals surface area contributed by atoms with Gasteiger partial charge in [0.1, 0.15) is 5.75 Å². The molecule has 0 spiro atoms. The van der Waals surface area contributed by atoms with Crippen LogP contribution in [0.1, 0.15) is 23.6 Å². The number of hydrogen-bond acceptors (Lipinski definition) is 3. The number of rotatable bonds is 8. The van der Waals surface area contributed by atoms with E-state index in [1.807, 2.05) is 18.2 Å². The number of nitrogens with one attached hydrogen (secondary N) is 2.